The molecule has 0 bridgehead atoms. The van der Waals surface area contributed by atoms with Gasteiger partial charge in [-0.2, -0.15) is 0 Å². The van der Waals surface area contributed by atoms with Gasteiger partial charge in [0.05, 0.1) is 0 Å². The fourth-order valence-corrected chi connectivity index (χ4v) is 2.19. The van der Waals surface area contributed by atoms with Crippen molar-refractivity contribution in [3.8, 4) is 0 Å². The van der Waals surface area contributed by atoms with Crippen LogP contribution in [-0.2, 0) is 0 Å². The average molecular weight is 325 g/mol. The van der Waals surface area contributed by atoms with Crippen molar-refractivity contribution < 1.29 is 4.79 Å². The number of rotatable bonds is 5. The van der Waals surface area contributed by atoms with Crippen LogP contribution in [0.4, 0.5) is 0 Å². The highest BCUT2D eigenvalue weighted by Gasteiger charge is 2.05. The molecule has 2 aromatic rings. The SMILES string of the molecule is CCC(=O)c1ccncn1.CN=C(CC(C)C)c1cccc(C)c1. The minimum Gasteiger partial charge on any atom is -0.292 e. The van der Waals surface area contributed by atoms with Crippen molar-refractivity contribution in [2.75, 3.05) is 7.05 Å². The van der Waals surface area contributed by atoms with Crippen LogP contribution in [0, 0.1) is 12.8 Å². The molecule has 0 N–H and O–H groups in total. The number of aliphatic imine (C=N–C) groups is 1. The molecule has 0 fully saturated rings. The van der Waals surface area contributed by atoms with Gasteiger partial charge in [-0.3, -0.25) is 9.79 Å². The number of aromatic nitrogens is 2. The van der Waals surface area contributed by atoms with E-state index in [1.165, 1.54) is 23.2 Å². The van der Waals surface area contributed by atoms with Gasteiger partial charge < -0.3 is 0 Å². The summed E-state index contributed by atoms with van der Waals surface area (Å²) < 4.78 is 0. The zero-order valence-corrected chi connectivity index (χ0v) is 15.3. The molecule has 128 valence electrons. The molecular weight excluding hydrogens is 298 g/mol. The molecule has 0 radical (unpaired) electrons. The lowest BCUT2D eigenvalue weighted by atomic mass is 9.99. The van der Waals surface area contributed by atoms with Crippen LogP contribution >= 0.6 is 0 Å². The molecule has 0 aliphatic carbocycles. The molecule has 4 heteroatoms. The van der Waals surface area contributed by atoms with E-state index in [1.54, 1.807) is 12.3 Å². The quantitative estimate of drug-likeness (QED) is 0.599. The molecule has 0 saturated heterocycles. The number of aryl methyl sites for hydroxylation is 1. The van der Waals surface area contributed by atoms with E-state index in [-0.39, 0.29) is 5.78 Å². The molecule has 0 unspecified atom stereocenters. The molecule has 24 heavy (non-hydrogen) atoms. The Morgan fingerprint density at radius 2 is 2.00 bits per heavy atom. The van der Waals surface area contributed by atoms with Gasteiger partial charge in [-0.25, -0.2) is 9.97 Å². The van der Waals surface area contributed by atoms with E-state index >= 15 is 0 Å². The summed E-state index contributed by atoms with van der Waals surface area (Å²) in [6.45, 7) is 8.37. The Kier molecular flexibility index (Phi) is 8.55. The van der Waals surface area contributed by atoms with Crippen LogP contribution in [0.3, 0.4) is 0 Å². The third-order valence-electron chi connectivity index (χ3n) is 3.41. The fourth-order valence-electron chi connectivity index (χ4n) is 2.19. The van der Waals surface area contributed by atoms with Crippen LogP contribution in [-0.4, -0.2) is 28.5 Å². The molecule has 1 heterocycles. The van der Waals surface area contributed by atoms with Gasteiger partial charge in [-0.15, -0.1) is 0 Å². The first-order valence-corrected chi connectivity index (χ1v) is 8.29. The number of ketones is 1. The fraction of sp³-hybridized carbons (Fsp3) is 0.400. The standard InChI is InChI=1S/C13H19N.C7H8N2O/c1-10(2)8-13(14-4)12-7-5-6-11(3)9-12;1-2-7(10)6-3-4-8-5-9-6/h5-7,9-10H,8H2,1-4H3;3-5H,2H2,1H3. The second-order valence-corrected chi connectivity index (χ2v) is 6.01. The van der Waals surface area contributed by atoms with Crippen molar-refractivity contribution >= 4 is 11.5 Å². The summed E-state index contributed by atoms with van der Waals surface area (Å²) in [7, 11) is 1.88. The first-order valence-electron chi connectivity index (χ1n) is 8.29. The highest BCUT2D eigenvalue weighted by molar-refractivity contribution is 6.00. The van der Waals surface area contributed by atoms with E-state index in [9.17, 15) is 4.79 Å². The summed E-state index contributed by atoms with van der Waals surface area (Å²) in [4.78, 5) is 22.8. The Balaban J connectivity index is 0.000000254. The van der Waals surface area contributed by atoms with Gasteiger partial charge in [0, 0.05) is 25.4 Å². The first-order chi connectivity index (χ1) is 11.5. The van der Waals surface area contributed by atoms with Crippen molar-refractivity contribution in [1.29, 1.82) is 0 Å². The van der Waals surface area contributed by atoms with Gasteiger partial charge in [0.2, 0.25) is 0 Å². The molecule has 1 aromatic heterocycles. The van der Waals surface area contributed by atoms with Crippen molar-refractivity contribution in [1.82, 2.24) is 9.97 Å². The number of carbonyl (C=O) groups is 1. The zero-order valence-electron chi connectivity index (χ0n) is 15.3. The van der Waals surface area contributed by atoms with E-state index in [1.807, 2.05) is 14.0 Å². The average Bonchev–Trinajstić information content (AvgIpc) is 2.60. The lowest BCUT2D eigenvalue weighted by Crippen LogP contribution is -2.05. The lowest BCUT2D eigenvalue weighted by molar-refractivity contribution is 0.0983. The van der Waals surface area contributed by atoms with Crippen molar-refractivity contribution in [2.24, 2.45) is 10.9 Å². The van der Waals surface area contributed by atoms with Gasteiger partial charge in [0.1, 0.15) is 12.0 Å². The number of nitrogens with zero attached hydrogens (tertiary/aromatic N) is 3. The largest absolute Gasteiger partial charge is 0.292 e. The number of carbonyl (C=O) groups excluding carboxylic acids is 1. The van der Waals surface area contributed by atoms with Crippen LogP contribution in [0.2, 0.25) is 0 Å². The van der Waals surface area contributed by atoms with Gasteiger partial charge in [-0.05, 0) is 30.9 Å². The Morgan fingerprint density at radius 3 is 2.50 bits per heavy atom. The van der Waals surface area contributed by atoms with E-state index in [2.05, 4.69) is 60.0 Å². The summed E-state index contributed by atoms with van der Waals surface area (Å²) in [6, 6.07) is 10.2. The third-order valence-corrected chi connectivity index (χ3v) is 3.41. The molecule has 2 rings (SSSR count). The maximum absolute atomic E-state index is 10.9. The number of hydrogen-bond acceptors (Lipinski definition) is 4. The molecule has 0 spiro atoms. The molecular formula is C20H27N3O. The summed E-state index contributed by atoms with van der Waals surface area (Å²) >= 11 is 0. The van der Waals surface area contributed by atoms with Gasteiger partial charge in [0.15, 0.2) is 5.78 Å². The molecule has 0 aliphatic heterocycles. The minimum atomic E-state index is 0.0578. The topological polar surface area (TPSA) is 55.2 Å². The highest BCUT2D eigenvalue weighted by atomic mass is 16.1. The van der Waals surface area contributed by atoms with E-state index in [0.29, 0.717) is 18.0 Å². The van der Waals surface area contributed by atoms with Crippen molar-refractivity contribution in [3.05, 3.63) is 59.7 Å². The Hall–Kier alpha value is -2.36. The Morgan fingerprint density at radius 1 is 1.25 bits per heavy atom. The van der Waals surface area contributed by atoms with Crippen LogP contribution in [0.5, 0.6) is 0 Å². The van der Waals surface area contributed by atoms with Crippen molar-refractivity contribution in [2.45, 2.75) is 40.5 Å². The van der Waals surface area contributed by atoms with E-state index in [4.69, 9.17) is 0 Å². The molecule has 0 saturated carbocycles. The van der Waals surface area contributed by atoms with Crippen LogP contribution in [0.15, 0.2) is 47.8 Å². The summed E-state index contributed by atoms with van der Waals surface area (Å²) in [6.07, 6.45) is 4.50. The monoisotopic (exact) mass is 325 g/mol. The summed E-state index contributed by atoms with van der Waals surface area (Å²) in [5.41, 5.74) is 4.27. The number of hydrogen-bond donors (Lipinski definition) is 0. The molecule has 0 atom stereocenters. The Bertz CT molecular complexity index is 664. The normalized spacial score (nSPS) is 11.0. The second kappa shape index (κ2) is 10.4. The second-order valence-electron chi connectivity index (χ2n) is 6.01. The molecule has 0 aliphatic rings. The smallest absolute Gasteiger partial charge is 0.181 e. The van der Waals surface area contributed by atoms with E-state index in [0.717, 1.165) is 6.42 Å². The molecule has 1 aromatic carbocycles. The predicted octanol–water partition coefficient (Wildman–Crippen LogP) is 4.53. The van der Waals surface area contributed by atoms with E-state index < -0.39 is 0 Å². The van der Waals surface area contributed by atoms with Gasteiger partial charge >= 0.3 is 0 Å². The lowest BCUT2D eigenvalue weighted by Gasteiger charge is -2.09. The van der Waals surface area contributed by atoms with Crippen LogP contribution in [0.1, 0.15) is 55.2 Å². The first kappa shape index (κ1) is 19.7. The molecule has 4 nitrogen and oxygen atoms in total. The molecule has 0 amide bonds. The van der Waals surface area contributed by atoms with Gasteiger partial charge in [0.25, 0.3) is 0 Å². The summed E-state index contributed by atoms with van der Waals surface area (Å²) in [5, 5.41) is 0. The Labute approximate surface area is 145 Å². The van der Waals surface area contributed by atoms with Crippen molar-refractivity contribution in [3.63, 3.8) is 0 Å². The van der Waals surface area contributed by atoms with Crippen LogP contribution in [0.25, 0.3) is 0 Å². The predicted molar refractivity (Wildman–Crippen MR) is 99.7 cm³/mol. The zero-order chi connectivity index (χ0) is 17.9. The third kappa shape index (κ3) is 6.82. The number of Topliss-reactive ketones (excluding diaryl/α,β-unsaturated/α-hetero) is 1. The highest BCUT2D eigenvalue weighted by Crippen LogP contribution is 2.11. The maximum Gasteiger partial charge on any atom is 0.181 e. The minimum absolute atomic E-state index is 0.0578. The maximum atomic E-state index is 10.9. The number of benzene rings is 1. The summed E-state index contributed by atoms with van der Waals surface area (Å²) in [5.74, 6) is 0.719. The van der Waals surface area contributed by atoms with Gasteiger partial charge in [-0.1, -0.05) is 50.6 Å². The van der Waals surface area contributed by atoms with Crippen LogP contribution < -0.4 is 0 Å².